The van der Waals surface area contributed by atoms with Crippen molar-refractivity contribution in [1.82, 2.24) is 29.6 Å². The first-order chi connectivity index (χ1) is 14.1. The predicted octanol–water partition coefficient (Wildman–Crippen LogP) is 2.61. The standard InChI is InChI=1S/C21H24N6O2/c1-15-11-16(2)27(25-15)19-12-20(24-14-23-19)29-13-17-6-9-26(10-7-17)21(28)18-5-3-4-8-22-18/h3-5,8,11-12,14,17H,6-7,9-10,13H2,1-2H3. The number of nitrogens with zero attached hydrogens (tertiary/aromatic N) is 6. The first-order valence-corrected chi connectivity index (χ1v) is 9.79. The second-order valence-corrected chi connectivity index (χ2v) is 7.31. The fourth-order valence-corrected chi connectivity index (χ4v) is 3.54. The van der Waals surface area contributed by atoms with E-state index in [4.69, 9.17) is 4.74 Å². The summed E-state index contributed by atoms with van der Waals surface area (Å²) in [5.41, 5.74) is 2.45. The van der Waals surface area contributed by atoms with Crippen LogP contribution in [0.1, 0.15) is 34.7 Å². The van der Waals surface area contributed by atoms with Gasteiger partial charge in [-0.1, -0.05) is 6.07 Å². The van der Waals surface area contributed by atoms with Crippen LogP contribution in [-0.4, -0.2) is 55.2 Å². The maximum Gasteiger partial charge on any atom is 0.272 e. The highest BCUT2D eigenvalue weighted by atomic mass is 16.5. The average Bonchev–Trinajstić information content (AvgIpc) is 3.11. The molecule has 3 aromatic heterocycles. The third-order valence-corrected chi connectivity index (χ3v) is 5.11. The molecule has 8 heteroatoms. The minimum absolute atomic E-state index is 0.00436. The number of rotatable bonds is 5. The van der Waals surface area contributed by atoms with Gasteiger partial charge in [-0.3, -0.25) is 9.78 Å². The van der Waals surface area contributed by atoms with Crippen LogP contribution in [0.5, 0.6) is 5.88 Å². The van der Waals surface area contributed by atoms with Gasteiger partial charge in [-0.15, -0.1) is 0 Å². The first-order valence-electron chi connectivity index (χ1n) is 9.79. The van der Waals surface area contributed by atoms with Gasteiger partial charge in [0.05, 0.1) is 12.3 Å². The summed E-state index contributed by atoms with van der Waals surface area (Å²) in [5, 5.41) is 4.45. The normalized spacial score (nSPS) is 14.8. The molecule has 0 saturated carbocycles. The van der Waals surface area contributed by atoms with Gasteiger partial charge in [-0.2, -0.15) is 5.10 Å². The number of aromatic nitrogens is 5. The molecule has 0 radical (unpaired) electrons. The van der Waals surface area contributed by atoms with Crippen molar-refractivity contribution in [3.05, 3.63) is 59.9 Å². The minimum atomic E-state index is -0.00436. The quantitative estimate of drug-likeness (QED) is 0.663. The monoisotopic (exact) mass is 392 g/mol. The largest absolute Gasteiger partial charge is 0.477 e. The lowest BCUT2D eigenvalue weighted by atomic mass is 9.97. The summed E-state index contributed by atoms with van der Waals surface area (Å²) in [7, 11) is 0. The van der Waals surface area contributed by atoms with Gasteiger partial charge in [0.25, 0.3) is 5.91 Å². The minimum Gasteiger partial charge on any atom is -0.477 e. The van der Waals surface area contributed by atoms with E-state index in [0.29, 0.717) is 43.0 Å². The van der Waals surface area contributed by atoms with E-state index in [1.165, 1.54) is 6.33 Å². The highest BCUT2D eigenvalue weighted by Crippen LogP contribution is 2.21. The molecular weight excluding hydrogens is 368 g/mol. The summed E-state index contributed by atoms with van der Waals surface area (Å²) in [6, 6.07) is 9.21. The number of ether oxygens (including phenoxy) is 1. The Bertz CT molecular complexity index is 980. The zero-order valence-corrected chi connectivity index (χ0v) is 16.7. The van der Waals surface area contributed by atoms with Crippen molar-refractivity contribution in [2.75, 3.05) is 19.7 Å². The Labute approximate surface area is 169 Å². The van der Waals surface area contributed by atoms with E-state index in [-0.39, 0.29) is 5.91 Å². The molecule has 29 heavy (non-hydrogen) atoms. The van der Waals surface area contributed by atoms with Gasteiger partial charge >= 0.3 is 0 Å². The topological polar surface area (TPSA) is 86.0 Å². The van der Waals surface area contributed by atoms with Crippen molar-refractivity contribution >= 4 is 5.91 Å². The van der Waals surface area contributed by atoms with Crippen molar-refractivity contribution in [2.24, 2.45) is 5.92 Å². The van der Waals surface area contributed by atoms with E-state index < -0.39 is 0 Å². The average molecular weight is 392 g/mol. The van der Waals surface area contributed by atoms with Gasteiger partial charge < -0.3 is 9.64 Å². The fraction of sp³-hybridized carbons (Fsp3) is 0.381. The SMILES string of the molecule is Cc1cc(C)n(-c2cc(OCC3CCN(C(=O)c4ccccn4)CC3)ncn2)n1. The van der Waals surface area contributed by atoms with Gasteiger partial charge in [-0.05, 0) is 50.8 Å². The molecule has 1 saturated heterocycles. The van der Waals surface area contributed by atoms with Crippen LogP contribution in [0.25, 0.3) is 5.82 Å². The Hall–Kier alpha value is -3.29. The fourth-order valence-electron chi connectivity index (χ4n) is 3.54. The first kappa shape index (κ1) is 19.0. The molecule has 3 aromatic rings. The van der Waals surface area contributed by atoms with Gasteiger partial charge in [0.2, 0.25) is 5.88 Å². The second kappa shape index (κ2) is 8.38. The lowest BCUT2D eigenvalue weighted by Gasteiger charge is -2.31. The third-order valence-electron chi connectivity index (χ3n) is 5.11. The molecule has 0 atom stereocenters. The smallest absolute Gasteiger partial charge is 0.272 e. The van der Waals surface area contributed by atoms with E-state index in [2.05, 4.69) is 20.1 Å². The predicted molar refractivity (Wildman–Crippen MR) is 107 cm³/mol. The summed E-state index contributed by atoms with van der Waals surface area (Å²) in [6.07, 6.45) is 4.94. The Morgan fingerprint density at radius 3 is 2.66 bits per heavy atom. The van der Waals surface area contributed by atoms with Gasteiger partial charge in [0.15, 0.2) is 5.82 Å². The maximum atomic E-state index is 12.5. The summed E-state index contributed by atoms with van der Waals surface area (Å²) < 4.78 is 7.71. The van der Waals surface area contributed by atoms with Crippen LogP contribution >= 0.6 is 0 Å². The second-order valence-electron chi connectivity index (χ2n) is 7.31. The van der Waals surface area contributed by atoms with Crippen LogP contribution in [0.3, 0.4) is 0 Å². The van der Waals surface area contributed by atoms with Crippen LogP contribution in [0.15, 0.2) is 42.9 Å². The number of piperidine rings is 1. The molecule has 1 amide bonds. The maximum absolute atomic E-state index is 12.5. The van der Waals surface area contributed by atoms with Gasteiger partial charge in [0.1, 0.15) is 12.0 Å². The molecule has 0 spiro atoms. The summed E-state index contributed by atoms with van der Waals surface area (Å²) in [6.45, 7) is 5.93. The van der Waals surface area contributed by atoms with Gasteiger partial charge in [0, 0.05) is 31.0 Å². The number of hydrogen-bond donors (Lipinski definition) is 0. The zero-order chi connectivity index (χ0) is 20.2. The molecule has 1 aliphatic rings. The van der Waals surface area contributed by atoms with Crippen molar-refractivity contribution in [1.29, 1.82) is 0 Å². The lowest BCUT2D eigenvalue weighted by Crippen LogP contribution is -2.40. The molecule has 0 aliphatic carbocycles. The number of amides is 1. The molecule has 0 unspecified atom stereocenters. The molecule has 1 aliphatic heterocycles. The Balaban J connectivity index is 1.31. The lowest BCUT2D eigenvalue weighted by molar-refractivity contribution is 0.0653. The van der Waals surface area contributed by atoms with E-state index in [1.807, 2.05) is 36.9 Å². The van der Waals surface area contributed by atoms with Crippen LogP contribution in [0.2, 0.25) is 0 Å². The zero-order valence-electron chi connectivity index (χ0n) is 16.7. The highest BCUT2D eigenvalue weighted by molar-refractivity contribution is 5.92. The number of pyridine rings is 1. The number of hydrogen-bond acceptors (Lipinski definition) is 6. The van der Waals surface area contributed by atoms with Crippen molar-refractivity contribution in [2.45, 2.75) is 26.7 Å². The Morgan fingerprint density at radius 2 is 1.97 bits per heavy atom. The summed E-state index contributed by atoms with van der Waals surface area (Å²) >= 11 is 0. The van der Waals surface area contributed by atoms with Crippen molar-refractivity contribution in [3.8, 4) is 11.7 Å². The van der Waals surface area contributed by atoms with E-state index in [1.54, 1.807) is 23.0 Å². The van der Waals surface area contributed by atoms with Crippen LogP contribution in [0, 0.1) is 19.8 Å². The molecule has 0 bridgehead atoms. The molecule has 4 heterocycles. The van der Waals surface area contributed by atoms with E-state index >= 15 is 0 Å². The number of carbonyl (C=O) groups is 1. The molecule has 150 valence electrons. The highest BCUT2D eigenvalue weighted by Gasteiger charge is 2.24. The molecule has 0 N–H and O–H groups in total. The van der Waals surface area contributed by atoms with Crippen LogP contribution in [-0.2, 0) is 0 Å². The van der Waals surface area contributed by atoms with Crippen molar-refractivity contribution in [3.63, 3.8) is 0 Å². The summed E-state index contributed by atoms with van der Waals surface area (Å²) in [4.78, 5) is 27.0. The van der Waals surface area contributed by atoms with Crippen LogP contribution < -0.4 is 4.74 Å². The van der Waals surface area contributed by atoms with Gasteiger partial charge in [-0.25, -0.2) is 14.6 Å². The molecular formula is C21H24N6O2. The Kier molecular flexibility index (Phi) is 5.50. The number of aryl methyl sites for hydroxylation is 2. The van der Waals surface area contributed by atoms with E-state index in [0.717, 1.165) is 24.2 Å². The third kappa shape index (κ3) is 4.42. The molecule has 1 fully saturated rings. The Morgan fingerprint density at radius 1 is 1.14 bits per heavy atom. The number of likely N-dealkylation sites (tertiary alicyclic amines) is 1. The molecule has 4 rings (SSSR count). The number of carbonyl (C=O) groups excluding carboxylic acids is 1. The van der Waals surface area contributed by atoms with Crippen LogP contribution in [0.4, 0.5) is 0 Å². The summed E-state index contributed by atoms with van der Waals surface area (Å²) in [5.74, 6) is 1.61. The van der Waals surface area contributed by atoms with Crippen molar-refractivity contribution < 1.29 is 9.53 Å². The van der Waals surface area contributed by atoms with E-state index in [9.17, 15) is 4.79 Å². The molecule has 0 aromatic carbocycles. The molecule has 8 nitrogen and oxygen atoms in total.